The van der Waals surface area contributed by atoms with Crippen LogP contribution in [0, 0.1) is 17.8 Å². The molecule has 4 heterocycles. The molecule has 6 rings (SSSR count). The summed E-state index contributed by atoms with van der Waals surface area (Å²) in [7, 11) is 5.48. The second-order valence-corrected chi connectivity index (χ2v) is 11.4. The molecule has 2 fully saturated rings. The average molecular weight is 586 g/mol. The molecular formula is C32H32ClN5O4. The minimum absolute atomic E-state index is 0.00470. The number of cyclic esters (lactones) is 1. The van der Waals surface area contributed by atoms with Gasteiger partial charge in [-0.2, -0.15) is 0 Å². The highest BCUT2D eigenvalue weighted by molar-refractivity contribution is 6.32. The second-order valence-electron chi connectivity index (χ2n) is 11.0. The minimum atomic E-state index is -0.411. The molecule has 0 unspecified atom stereocenters. The number of anilines is 2. The Morgan fingerprint density at radius 3 is 3.00 bits per heavy atom. The highest BCUT2D eigenvalue weighted by Crippen LogP contribution is 2.48. The molecule has 0 spiro atoms. The van der Waals surface area contributed by atoms with Crippen LogP contribution < -0.4 is 10.1 Å². The number of benzene rings is 1. The van der Waals surface area contributed by atoms with Crippen molar-refractivity contribution in [3.63, 3.8) is 0 Å². The van der Waals surface area contributed by atoms with E-state index >= 15 is 0 Å². The van der Waals surface area contributed by atoms with E-state index in [1.165, 1.54) is 0 Å². The highest BCUT2D eigenvalue weighted by Gasteiger charge is 2.53. The first kappa shape index (κ1) is 27.9. The van der Waals surface area contributed by atoms with Crippen LogP contribution >= 0.6 is 11.6 Å². The number of hydrogen-bond donors (Lipinski definition) is 2. The quantitative estimate of drug-likeness (QED) is 0.236. The van der Waals surface area contributed by atoms with Gasteiger partial charge in [0.15, 0.2) is 5.75 Å². The van der Waals surface area contributed by atoms with Crippen LogP contribution in [0.15, 0.2) is 48.8 Å². The van der Waals surface area contributed by atoms with Gasteiger partial charge < -0.3 is 29.6 Å². The third-order valence-electron chi connectivity index (χ3n) is 7.85. The van der Waals surface area contributed by atoms with E-state index in [1.807, 2.05) is 48.2 Å². The Balaban J connectivity index is 1.37. The number of fused-ring (bicyclic) bond motifs is 2. The summed E-state index contributed by atoms with van der Waals surface area (Å²) in [6.07, 6.45) is 9.41. The van der Waals surface area contributed by atoms with E-state index < -0.39 is 5.97 Å². The monoisotopic (exact) mass is 585 g/mol. The Morgan fingerprint density at radius 2 is 2.19 bits per heavy atom. The number of nitrogens with zero attached hydrogens (tertiary/aromatic N) is 3. The number of methoxy groups -OCH3 is 1. The summed E-state index contributed by atoms with van der Waals surface area (Å²) < 4.78 is 11.0. The molecule has 1 saturated heterocycles. The van der Waals surface area contributed by atoms with E-state index in [2.05, 4.69) is 27.1 Å². The summed E-state index contributed by atoms with van der Waals surface area (Å²) in [4.78, 5) is 37.8. The van der Waals surface area contributed by atoms with Crippen LogP contribution in [0.2, 0.25) is 5.02 Å². The number of hydrogen-bond acceptors (Lipinski definition) is 7. The van der Waals surface area contributed by atoms with Gasteiger partial charge in [0.1, 0.15) is 5.56 Å². The van der Waals surface area contributed by atoms with Crippen LogP contribution in [0.3, 0.4) is 0 Å². The fourth-order valence-corrected chi connectivity index (χ4v) is 6.04. The van der Waals surface area contributed by atoms with Gasteiger partial charge in [-0.05, 0) is 51.1 Å². The molecule has 10 heteroatoms. The van der Waals surface area contributed by atoms with Gasteiger partial charge in [-0.1, -0.05) is 35.6 Å². The number of halogens is 1. The van der Waals surface area contributed by atoms with Gasteiger partial charge in [0.25, 0.3) is 0 Å². The Morgan fingerprint density at radius 1 is 1.33 bits per heavy atom. The van der Waals surface area contributed by atoms with Gasteiger partial charge in [0, 0.05) is 48.7 Å². The predicted octanol–water partition coefficient (Wildman–Crippen LogP) is 4.65. The number of rotatable bonds is 7. The Hall–Kier alpha value is -4.26. The zero-order chi connectivity index (χ0) is 29.4. The lowest BCUT2D eigenvalue weighted by molar-refractivity contribution is -0.126. The largest absolute Gasteiger partial charge is 0.493 e. The Kier molecular flexibility index (Phi) is 7.67. The van der Waals surface area contributed by atoms with E-state index in [-0.39, 0.29) is 18.0 Å². The average Bonchev–Trinajstić information content (AvgIpc) is 3.47. The van der Waals surface area contributed by atoms with Crippen LogP contribution in [0.1, 0.15) is 34.5 Å². The molecule has 1 saturated carbocycles. The second kappa shape index (κ2) is 11.6. The van der Waals surface area contributed by atoms with Crippen molar-refractivity contribution in [2.45, 2.75) is 31.3 Å². The van der Waals surface area contributed by atoms with Crippen LogP contribution in [-0.4, -0.2) is 78.1 Å². The number of ether oxygens (including phenoxy) is 2. The summed E-state index contributed by atoms with van der Waals surface area (Å²) in [5.74, 6) is 7.25. The number of aromatic amines is 1. The normalized spacial score (nSPS) is 20.5. The lowest BCUT2D eigenvalue weighted by atomic mass is 10.0. The fraction of sp³-hybridized carbons (Fsp3) is 0.344. The van der Waals surface area contributed by atoms with Crippen molar-refractivity contribution in [2.24, 2.45) is 5.92 Å². The van der Waals surface area contributed by atoms with Crippen LogP contribution in [-0.2, 0) is 16.0 Å². The van der Waals surface area contributed by atoms with Crippen LogP contribution in [0.4, 0.5) is 11.4 Å². The first-order valence-corrected chi connectivity index (χ1v) is 14.3. The van der Waals surface area contributed by atoms with Crippen molar-refractivity contribution >= 4 is 34.9 Å². The first-order chi connectivity index (χ1) is 20.4. The minimum Gasteiger partial charge on any atom is -0.493 e. The molecule has 1 aromatic carbocycles. The van der Waals surface area contributed by atoms with E-state index in [0.717, 1.165) is 24.1 Å². The molecule has 0 radical (unpaired) electrons. The van der Waals surface area contributed by atoms with E-state index in [1.54, 1.807) is 31.6 Å². The zero-order valence-corrected chi connectivity index (χ0v) is 24.5. The number of carbonyl (C=O) groups is 2. The summed E-state index contributed by atoms with van der Waals surface area (Å²) >= 11 is 6.39. The van der Waals surface area contributed by atoms with Gasteiger partial charge in [0.2, 0.25) is 5.91 Å². The van der Waals surface area contributed by atoms with Crippen molar-refractivity contribution in [3.8, 4) is 28.8 Å². The molecule has 9 nitrogen and oxygen atoms in total. The third-order valence-corrected chi connectivity index (χ3v) is 8.15. The molecule has 2 aromatic heterocycles. The molecule has 1 aliphatic carbocycles. The SMILES string of the molecule is COc1c(Cl)cccc1Nc1c(-c2ccncc2C#C[C@@H]2C[C@H]3C[C@H]3N2C(=O)/C=C/CN(C)C)[nH]c2c1C(=O)OCC2. The number of esters is 1. The summed E-state index contributed by atoms with van der Waals surface area (Å²) in [5, 5.41) is 3.82. The molecule has 216 valence electrons. The predicted molar refractivity (Wildman–Crippen MR) is 161 cm³/mol. The van der Waals surface area contributed by atoms with Crippen molar-refractivity contribution < 1.29 is 19.1 Å². The summed E-state index contributed by atoms with van der Waals surface area (Å²) in [6, 6.07) is 7.34. The molecule has 3 atom stereocenters. The highest BCUT2D eigenvalue weighted by atomic mass is 35.5. The van der Waals surface area contributed by atoms with Crippen molar-refractivity contribution in [1.82, 2.24) is 19.8 Å². The number of nitrogens with one attached hydrogen (secondary N) is 2. The molecule has 3 aliphatic rings. The number of pyridine rings is 1. The van der Waals surface area contributed by atoms with E-state index in [9.17, 15) is 9.59 Å². The fourth-order valence-electron chi connectivity index (χ4n) is 5.79. The molecule has 2 N–H and O–H groups in total. The number of likely N-dealkylation sites (N-methyl/N-ethyl adjacent to an activating group) is 1. The van der Waals surface area contributed by atoms with Crippen LogP contribution in [0.25, 0.3) is 11.3 Å². The zero-order valence-electron chi connectivity index (χ0n) is 23.7. The summed E-state index contributed by atoms with van der Waals surface area (Å²) in [6.45, 7) is 1.000. The molecule has 2 aliphatic heterocycles. The number of likely N-dealkylation sites (tertiary alicyclic amines) is 1. The van der Waals surface area contributed by atoms with Gasteiger partial charge in [-0.3, -0.25) is 9.78 Å². The molecule has 42 heavy (non-hydrogen) atoms. The number of carbonyl (C=O) groups excluding carboxylic acids is 2. The number of amides is 1. The molecule has 1 amide bonds. The van der Waals surface area contributed by atoms with Crippen LogP contribution in [0.5, 0.6) is 5.75 Å². The molecular weight excluding hydrogens is 554 g/mol. The van der Waals surface area contributed by atoms with Gasteiger partial charge in [-0.25, -0.2) is 4.79 Å². The lowest BCUT2D eigenvalue weighted by Gasteiger charge is -2.22. The lowest BCUT2D eigenvalue weighted by Crippen LogP contribution is -2.36. The topological polar surface area (TPSA) is 99.8 Å². The standard InChI is InChI=1S/C32H32ClN5O4/c1-37(2)14-5-8-27(39)38-21(16-20-17-26(20)38)10-9-19-18-34-13-11-22(19)29-30(28-24(35-29)12-15-42-32(28)40)36-25-7-4-6-23(33)31(25)41-3/h4-8,11,13,18,20-21,26,35-36H,12,14-17H2,1-3H3/b8-5+/t20-,21+,26+/m0/s1. The third kappa shape index (κ3) is 5.36. The smallest absolute Gasteiger partial charge is 0.342 e. The van der Waals surface area contributed by atoms with E-state index in [0.29, 0.717) is 64.5 Å². The van der Waals surface area contributed by atoms with Crippen molar-refractivity contribution in [3.05, 3.63) is 70.7 Å². The number of H-pyrrole nitrogens is 1. The van der Waals surface area contributed by atoms with E-state index in [4.69, 9.17) is 21.1 Å². The summed E-state index contributed by atoms with van der Waals surface area (Å²) in [5.41, 5.74) is 4.51. The van der Waals surface area contributed by atoms with Gasteiger partial charge in [-0.15, -0.1) is 0 Å². The first-order valence-electron chi connectivity index (χ1n) is 14.0. The maximum absolute atomic E-state index is 13.1. The number of para-hydroxylation sites is 1. The van der Waals surface area contributed by atoms with Gasteiger partial charge in [0.05, 0.1) is 47.4 Å². The molecule has 3 aromatic rings. The molecule has 0 bridgehead atoms. The van der Waals surface area contributed by atoms with Crippen molar-refractivity contribution in [1.29, 1.82) is 0 Å². The maximum atomic E-state index is 13.1. The number of piperidine rings is 1. The maximum Gasteiger partial charge on any atom is 0.342 e. The van der Waals surface area contributed by atoms with Gasteiger partial charge >= 0.3 is 5.97 Å². The number of aromatic nitrogens is 2. The van der Waals surface area contributed by atoms with Crippen molar-refractivity contribution in [2.75, 3.05) is 39.7 Å². The Labute approximate surface area is 249 Å². The Bertz CT molecular complexity index is 1640.